The zero-order chi connectivity index (χ0) is 104. The Balaban J connectivity index is 0.000000118. The number of hydrogen-bond acceptors (Lipinski definition) is 17. The van der Waals surface area contributed by atoms with Gasteiger partial charge in [-0.2, -0.15) is 51.8 Å². The largest absolute Gasteiger partial charge is 0.494 e. The molecule has 36 heteroatoms. The minimum Gasteiger partial charge on any atom is -0.494 e. The Bertz CT molecular complexity index is 8680. The van der Waals surface area contributed by atoms with E-state index in [1.807, 2.05) is 172 Å². The summed E-state index contributed by atoms with van der Waals surface area (Å²) in [7, 11) is -4.07. The lowest BCUT2D eigenvalue weighted by Crippen LogP contribution is -2.29. The fourth-order valence-corrected chi connectivity index (χ4v) is 20.0. The van der Waals surface area contributed by atoms with Gasteiger partial charge < -0.3 is 39.9 Å². The van der Waals surface area contributed by atoms with Crippen LogP contribution >= 0.6 is 34.5 Å². The van der Waals surface area contributed by atoms with Gasteiger partial charge in [-0.15, -0.1) is 11.3 Å². The van der Waals surface area contributed by atoms with E-state index >= 15 is 0 Å². The molecule has 0 spiro atoms. The normalized spacial score (nSPS) is 13.3. The van der Waals surface area contributed by atoms with Crippen LogP contribution in [0.1, 0.15) is 113 Å². The van der Waals surface area contributed by atoms with Crippen LogP contribution in [0.25, 0.3) is 143 Å². The molecule has 2 aliphatic rings. The summed E-state index contributed by atoms with van der Waals surface area (Å²) < 4.78 is 125. The van der Waals surface area contributed by atoms with Gasteiger partial charge in [-0.25, -0.2) is 8.42 Å². The van der Waals surface area contributed by atoms with E-state index in [4.69, 9.17) is 36.8 Å². The number of furan rings is 2. The molecule has 2 aliphatic carbocycles. The molecular weight excluding hydrogens is 1990 g/mol. The molecule has 0 radical (unpaired) electrons. The van der Waals surface area contributed by atoms with E-state index in [0.29, 0.717) is 62.8 Å². The highest BCUT2D eigenvalue weighted by Gasteiger charge is 2.51. The number of aromatic amines is 5. The van der Waals surface area contributed by atoms with Gasteiger partial charge in [0.1, 0.15) is 43.9 Å². The smallest absolute Gasteiger partial charge is 0.416 e. The number of nitrogens with one attached hydrogen (secondary N) is 10. The number of rotatable bonds is 22. The lowest BCUT2D eigenvalue weighted by molar-refractivity contribution is -0.143. The predicted molar refractivity (Wildman–Crippen MR) is 571 cm³/mol. The summed E-state index contributed by atoms with van der Waals surface area (Å²) in [6, 6.07) is 85.3. The third kappa shape index (κ3) is 22.7. The average Bonchev–Trinajstić information content (AvgIpc) is 1.59. The van der Waals surface area contributed by atoms with Crippen molar-refractivity contribution in [2.24, 2.45) is 5.92 Å². The second kappa shape index (κ2) is 41.8. The van der Waals surface area contributed by atoms with E-state index in [0.717, 1.165) is 165 Å². The number of sulfonamides is 1. The number of alkyl halides is 6. The number of carbonyl (C=O) groups is 4. The van der Waals surface area contributed by atoms with Crippen LogP contribution in [0.4, 0.5) is 54.8 Å². The second-order valence-electron chi connectivity index (χ2n) is 37.3. The van der Waals surface area contributed by atoms with Crippen LogP contribution in [0.2, 0.25) is 10.0 Å². The van der Waals surface area contributed by atoms with Crippen LogP contribution in [0.15, 0.2) is 317 Å². The van der Waals surface area contributed by atoms with E-state index < -0.39 is 50.1 Å². The number of thiophene rings is 1. The highest BCUT2D eigenvalue weighted by Crippen LogP contribution is 2.50. The number of H-pyrrole nitrogens is 5. The minimum atomic E-state index is -5.03. The molecule has 1 atom stereocenters. The number of aromatic nitrogens is 11. The number of nitrogens with zero attached hydrogens (tertiary/aromatic N) is 6. The van der Waals surface area contributed by atoms with Crippen LogP contribution in [0.3, 0.4) is 0 Å². The number of para-hydroxylation sites is 2. The molecule has 9 aromatic heterocycles. The maximum absolute atomic E-state index is 13.3. The van der Waals surface area contributed by atoms with Gasteiger partial charge in [-0.05, 0) is 251 Å². The molecular formula is C113H94Cl2F6N16O10S2. The SMILES string of the molecule is CC(C)(C)c1ccc(-c2n[nH]c3ccc(NC(=O)C4(c5ccccc5)CC4)cc23)cc1.CCOc1cccc(-c2n[nH]c3ccc(NC(=O)CC(C)(O)CC)cc23)c1.O=C(Nc1ccc2[nH]nc(-c3ccc(Cl)cc3Cl)c2c1)c1ccco1.O=C(Nc1ccc2[nH]nc(-c3cccc4c3oc3ccccc34)c2c1)C1CC1.O=S(=O)(Nc1ccc2[nH]nc(-c3cc(C(F)(F)F)cc(C(F)(F)F)c3)c2c1)c1ccc(-c2ccccn2)s1. The molecule has 11 N–H and O–H groups in total. The van der Waals surface area contributed by atoms with Gasteiger partial charge in [0.25, 0.3) is 15.9 Å². The highest BCUT2D eigenvalue weighted by molar-refractivity contribution is 7.94. The maximum Gasteiger partial charge on any atom is 0.416 e. The van der Waals surface area contributed by atoms with E-state index in [2.05, 4.69) is 139 Å². The predicted octanol–water partition coefficient (Wildman–Crippen LogP) is 28.4. The van der Waals surface area contributed by atoms with Crippen molar-refractivity contribution in [1.82, 2.24) is 56.0 Å². The number of benzene rings is 12. The maximum atomic E-state index is 13.3. The topological polar surface area (TPSA) is 375 Å². The van der Waals surface area contributed by atoms with Crippen molar-refractivity contribution in [3.8, 4) is 72.6 Å². The van der Waals surface area contributed by atoms with Crippen molar-refractivity contribution >= 4 is 173 Å². The Morgan fingerprint density at radius 3 is 1.59 bits per heavy atom. The number of amides is 4. The Kier molecular flexibility index (Phi) is 28.3. The number of halogens is 8. The molecule has 2 saturated carbocycles. The van der Waals surface area contributed by atoms with E-state index in [-0.39, 0.29) is 79.7 Å². The number of carbonyl (C=O) groups excluding carboxylic acids is 4. The molecule has 23 rings (SSSR count). The third-order valence-corrected chi connectivity index (χ3v) is 29.1. The summed E-state index contributed by atoms with van der Waals surface area (Å²) in [4.78, 5) is 54.4. The number of ether oxygens (including phenoxy) is 1. The summed E-state index contributed by atoms with van der Waals surface area (Å²) in [6.45, 7) is 12.7. The first-order valence-corrected chi connectivity index (χ1v) is 50.5. The van der Waals surface area contributed by atoms with Gasteiger partial charge in [-0.1, -0.05) is 154 Å². The van der Waals surface area contributed by atoms with Crippen molar-refractivity contribution in [3.63, 3.8) is 0 Å². The zero-order valence-electron chi connectivity index (χ0n) is 80.5. The number of aliphatic hydroxyl groups is 1. The van der Waals surface area contributed by atoms with Gasteiger partial charge in [0.15, 0.2) is 5.76 Å². The van der Waals surface area contributed by atoms with Crippen molar-refractivity contribution in [3.05, 3.63) is 342 Å². The molecule has 0 saturated heterocycles. The van der Waals surface area contributed by atoms with Gasteiger partial charge in [-0.3, -0.25) is 54.4 Å². The molecule has 2 fully saturated rings. The third-order valence-electron chi connectivity index (χ3n) is 25.6. The van der Waals surface area contributed by atoms with Gasteiger partial charge in [0, 0.05) is 111 Å². The van der Waals surface area contributed by atoms with Crippen LogP contribution in [0, 0.1) is 5.92 Å². The molecule has 26 nitrogen and oxygen atoms in total. The Hall–Kier alpha value is -16.5. The number of hydrogen-bond donors (Lipinski definition) is 11. The summed E-state index contributed by atoms with van der Waals surface area (Å²) in [5.74, 6) is 0.833. The first-order chi connectivity index (χ1) is 71.5. The van der Waals surface area contributed by atoms with Crippen molar-refractivity contribution in [1.29, 1.82) is 0 Å². The summed E-state index contributed by atoms with van der Waals surface area (Å²) >= 11 is 13.2. The fraction of sp³-hybridized carbons (Fsp3) is 0.168. The molecule has 0 bridgehead atoms. The lowest BCUT2D eigenvalue weighted by Gasteiger charge is -2.20. The fourth-order valence-electron chi connectivity index (χ4n) is 17.2. The van der Waals surface area contributed by atoms with Gasteiger partial charge in [0.05, 0.1) is 90.3 Å². The number of pyridine rings is 1. The summed E-state index contributed by atoms with van der Waals surface area (Å²) in [6.07, 6.45) is -2.72. The van der Waals surface area contributed by atoms with Crippen LogP contribution in [0.5, 0.6) is 5.75 Å². The quantitative estimate of drug-likeness (QED) is 0.0281. The molecule has 149 heavy (non-hydrogen) atoms. The van der Waals surface area contributed by atoms with Crippen LogP contribution < -0.4 is 30.7 Å². The second-order valence-corrected chi connectivity index (χ2v) is 41.1. The van der Waals surface area contributed by atoms with Crippen molar-refractivity contribution in [2.45, 2.75) is 113 Å². The van der Waals surface area contributed by atoms with Crippen molar-refractivity contribution in [2.75, 3.05) is 32.6 Å². The van der Waals surface area contributed by atoms with E-state index in [1.165, 1.54) is 36.1 Å². The highest BCUT2D eigenvalue weighted by atomic mass is 35.5. The monoisotopic (exact) mass is 2080 g/mol. The van der Waals surface area contributed by atoms with Crippen LogP contribution in [-0.4, -0.2) is 105 Å². The Morgan fingerprint density at radius 1 is 0.490 bits per heavy atom. The molecule has 21 aromatic rings. The molecule has 0 aliphatic heterocycles. The molecule has 9 heterocycles. The van der Waals surface area contributed by atoms with E-state index in [1.54, 1.807) is 67.7 Å². The summed E-state index contributed by atoms with van der Waals surface area (Å²) in [5, 5.41) is 65.5. The first-order valence-electron chi connectivity index (χ1n) is 47.5. The lowest BCUT2D eigenvalue weighted by atomic mass is 9.86. The molecule has 754 valence electrons. The zero-order valence-corrected chi connectivity index (χ0v) is 83.7. The molecule has 12 aromatic carbocycles. The summed E-state index contributed by atoms with van der Waals surface area (Å²) in [5.41, 5.74) is 13.4. The van der Waals surface area contributed by atoms with Crippen molar-refractivity contribution < 1.29 is 72.6 Å². The van der Waals surface area contributed by atoms with Gasteiger partial charge >= 0.3 is 12.4 Å². The van der Waals surface area contributed by atoms with Gasteiger partial charge in [0.2, 0.25) is 17.7 Å². The number of anilines is 5. The standard InChI is InChI=1S/C27H27N3O.C24H14F6N4O2S2.C23H17N3O2.C21H25N3O3.C18H11Cl2N3O2/c1-26(2,3)19-11-9-18(10-12-19)24-22-17-21(13-14-23(22)29-30-24)28-25(31)27(15-16-27)20-7-5-4-6-8-20;25-23(26,27)14-9-13(10-15(11-14)24(28,29)30)22-17-12-16(4-5-18(17)32-33-22)34-38(35,36)21-7-6-20(37-21)19-3-1-2-8-31-19;27-23(13-8-9-13)24-14-10-11-19-18(12-14)21(26-25-19)17-6-3-5-16-15-4-1-2-7-20(15)28-22(16)17;1-4-21(3,26)13-19(25)22-15-9-10-18-17(12-15)20(24-23-18)14-7-6-8-16(11-14)27-5-2;19-10-3-5-12(14(20)8-10)17-13-9-11(4-6-15(13)22-23-17)21-18(24)16-2-1-7-25-16/h4-14,17H,15-16H2,1-3H3,(H,28,31)(H,29,30);1-12,34H,(H,32,33);1-7,10-13H,8-9H2,(H,24,27)(H,25,26);6-12,26H,4-5,13H2,1-3H3,(H,22,25)(H,23,24);1-9H,(H,21,24)(H,22,23). The molecule has 1 unspecified atom stereocenters. The Morgan fingerprint density at radius 2 is 1.03 bits per heavy atom. The number of fused-ring (bicyclic) bond motifs is 8. The van der Waals surface area contributed by atoms with E-state index in [9.17, 15) is 59.0 Å². The van der Waals surface area contributed by atoms with Crippen LogP contribution in [-0.2, 0) is 47.6 Å². The average molecular weight is 2090 g/mol. The Labute approximate surface area is 861 Å². The molecule has 4 amide bonds. The first kappa shape index (κ1) is 101. The minimum absolute atomic E-state index is 0.0154.